The van der Waals surface area contributed by atoms with Gasteiger partial charge >= 0.3 is 0 Å². The quantitative estimate of drug-likeness (QED) is 0.463. The van der Waals surface area contributed by atoms with Crippen molar-refractivity contribution in [3.8, 4) is 11.5 Å². The third-order valence-electron chi connectivity index (χ3n) is 2.30. The van der Waals surface area contributed by atoms with Crippen LogP contribution in [0.1, 0.15) is 12.5 Å². The van der Waals surface area contributed by atoms with E-state index in [4.69, 9.17) is 4.74 Å². The number of aromatic hydroxyl groups is 1. The smallest absolute Gasteiger partial charge is 0.295 e. The Hall–Kier alpha value is -2.08. The summed E-state index contributed by atoms with van der Waals surface area (Å²) in [6.45, 7) is 2.65. The van der Waals surface area contributed by atoms with E-state index >= 15 is 0 Å². The van der Waals surface area contributed by atoms with Crippen LogP contribution in [0.5, 0.6) is 11.5 Å². The van der Waals surface area contributed by atoms with Crippen molar-refractivity contribution in [3.05, 3.63) is 23.8 Å². The van der Waals surface area contributed by atoms with Crippen molar-refractivity contribution in [1.29, 1.82) is 0 Å². The van der Waals surface area contributed by atoms with Gasteiger partial charge in [0.2, 0.25) is 0 Å². The van der Waals surface area contributed by atoms with Crippen LogP contribution in [0, 0.1) is 0 Å². The fourth-order valence-corrected chi connectivity index (χ4v) is 1.53. The molecule has 6 heteroatoms. The highest BCUT2D eigenvalue weighted by molar-refractivity contribution is 5.83. The molecule has 0 heterocycles. The zero-order chi connectivity index (χ0) is 15.2. The molecule has 0 spiro atoms. The highest BCUT2D eigenvalue weighted by Gasteiger charge is 2.13. The number of nitrogens with one attached hydrogen (secondary N) is 1. The van der Waals surface area contributed by atoms with E-state index in [9.17, 15) is 9.90 Å². The molecule has 0 atom stereocenters. The van der Waals surface area contributed by atoms with Gasteiger partial charge in [-0.1, -0.05) is 0 Å². The predicted octanol–water partition coefficient (Wildman–Crippen LogP) is 0.947. The van der Waals surface area contributed by atoms with Crippen LogP contribution in [-0.2, 0) is 4.79 Å². The molecule has 0 aliphatic rings. The maximum absolute atomic E-state index is 11.6. The van der Waals surface area contributed by atoms with E-state index in [1.54, 1.807) is 12.1 Å². The molecule has 2 N–H and O–H groups in total. The summed E-state index contributed by atoms with van der Waals surface area (Å²) in [5.41, 5.74) is 3.20. The summed E-state index contributed by atoms with van der Waals surface area (Å²) in [6, 6.07) is 4.88. The van der Waals surface area contributed by atoms with Crippen molar-refractivity contribution >= 4 is 12.1 Å². The molecule has 0 radical (unpaired) electrons. The highest BCUT2D eigenvalue weighted by atomic mass is 16.5. The Morgan fingerprint density at radius 3 is 2.75 bits per heavy atom. The monoisotopic (exact) mass is 280 g/mol. The molecule has 1 amide bonds. The van der Waals surface area contributed by atoms with Crippen LogP contribution in [0.2, 0.25) is 0 Å². The minimum Gasteiger partial charge on any atom is -0.504 e. The first-order valence-electron chi connectivity index (χ1n) is 6.40. The molecule has 110 valence electrons. The lowest BCUT2D eigenvalue weighted by atomic mass is 10.2. The van der Waals surface area contributed by atoms with Crippen LogP contribution in [0.15, 0.2) is 23.3 Å². The summed E-state index contributed by atoms with van der Waals surface area (Å²) in [6.07, 6.45) is 1.51. The number of amides is 1. The largest absolute Gasteiger partial charge is 0.504 e. The average Bonchev–Trinajstić information content (AvgIpc) is 2.31. The highest BCUT2D eigenvalue weighted by Crippen LogP contribution is 2.26. The average molecular weight is 280 g/mol. The first kappa shape index (κ1) is 16.0. The third-order valence-corrected chi connectivity index (χ3v) is 2.30. The number of phenols is 1. The number of rotatable bonds is 6. The molecule has 1 rings (SSSR count). The topological polar surface area (TPSA) is 70.9 Å². The number of ether oxygens (including phenoxy) is 1. The van der Waals surface area contributed by atoms with Gasteiger partial charge in [-0.2, -0.15) is 5.10 Å². The number of carbonyl (C=O) groups is 1. The Kier molecular flexibility index (Phi) is 5.52. The fourth-order valence-electron chi connectivity index (χ4n) is 1.53. The first-order valence-corrected chi connectivity index (χ1v) is 6.40. The Bertz CT molecular complexity index is 493. The number of benzene rings is 1. The molecule has 1 aromatic rings. The van der Waals surface area contributed by atoms with Gasteiger partial charge in [-0.15, -0.1) is 0 Å². The summed E-state index contributed by atoms with van der Waals surface area (Å²) in [5, 5.41) is 13.5. The second-order valence-electron chi connectivity index (χ2n) is 5.40. The number of hydrogen-bond acceptors (Lipinski definition) is 4. The molecule has 1 aromatic carbocycles. The molecule has 0 aromatic heterocycles. The van der Waals surface area contributed by atoms with Gasteiger partial charge < -0.3 is 14.3 Å². The van der Waals surface area contributed by atoms with E-state index in [0.717, 1.165) is 5.56 Å². The Balaban J connectivity index is 2.62. The van der Waals surface area contributed by atoms with E-state index in [-0.39, 0.29) is 11.7 Å². The second-order valence-corrected chi connectivity index (χ2v) is 5.40. The van der Waals surface area contributed by atoms with E-state index in [1.165, 1.54) is 12.3 Å². The minimum atomic E-state index is -0.155. The number of phenolic OH excluding ortho intramolecular Hbond substituents is 1. The van der Waals surface area contributed by atoms with Gasteiger partial charge in [-0.3, -0.25) is 4.79 Å². The van der Waals surface area contributed by atoms with Gasteiger partial charge in [0.1, 0.15) is 0 Å². The summed E-state index contributed by atoms with van der Waals surface area (Å²) < 4.78 is 5.81. The molecule has 0 fully saturated rings. The maximum Gasteiger partial charge on any atom is 0.295 e. The lowest BCUT2D eigenvalue weighted by molar-refractivity contribution is -0.862. The summed E-state index contributed by atoms with van der Waals surface area (Å²) in [7, 11) is 5.78. The van der Waals surface area contributed by atoms with E-state index < -0.39 is 0 Å². The van der Waals surface area contributed by atoms with Crippen molar-refractivity contribution < 1.29 is 19.1 Å². The first-order chi connectivity index (χ1) is 9.31. The molecule has 20 heavy (non-hydrogen) atoms. The van der Waals surface area contributed by atoms with Crippen LogP contribution in [0.4, 0.5) is 0 Å². The van der Waals surface area contributed by atoms with Gasteiger partial charge in [0.25, 0.3) is 5.91 Å². The SMILES string of the molecule is CCOc1cc(/C=N/NC(=O)C[N+](C)(C)C)ccc1O. The fraction of sp³-hybridized carbons (Fsp3) is 0.429. The molecule has 0 saturated heterocycles. The van der Waals surface area contributed by atoms with Crippen molar-refractivity contribution in [1.82, 2.24) is 5.43 Å². The predicted molar refractivity (Wildman–Crippen MR) is 77.9 cm³/mol. The summed E-state index contributed by atoms with van der Waals surface area (Å²) >= 11 is 0. The summed E-state index contributed by atoms with van der Waals surface area (Å²) in [5.74, 6) is 0.324. The van der Waals surface area contributed by atoms with Crippen LogP contribution < -0.4 is 10.2 Å². The molecule has 0 aliphatic heterocycles. The van der Waals surface area contributed by atoms with Gasteiger partial charge in [0, 0.05) is 0 Å². The molecule has 0 saturated carbocycles. The number of quaternary nitrogens is 1. The van der Waals surface area contributed by atoms with Crippen LogP contribution in [-0.4, -0.2) is 56.0 Å². The number of nitrogens with zero attached hydrogens (tertiary/aromatic N) is 2. The number of likely N-dealkylation sites (N-methyl/N-ethyl adjacent to an activating group) is 1. The van der Waals surface area contributed by atoms with E-state index in [0.29, 0.717) is 23.4 Å². The lowest BCUT2D eigenvalue weighted by Crippen LogP contribution is -2.43. The van der Waals surface area contributed by atoms with Crippen LogP contribution in [0.3, 0.4) is 0 Å². The van der Waals surface area contributed by atoms with Gasteiger partial charge in [0.15, 0.2) is 18.0 Å². The van der Waals surface area contributed by atoms with Crippen molar-refractivity contribution in [2.24, 2.45) is 5.10 Å². The number of hydrazone groups is 1. The summed E-state index contributed by atoms with van der Waals surface area (Å²) in [4.78, 5) is 11.6. The number of carbonyl (C=O) groups excluding carboxylic acids is 1. The third kappa shape index (κ3) is 5.71. The van der Waals surface area contributed by atoms with Gasteiger partial charge in [0.05, 0.1) is 34.0 Å². The Labute approximate surface area is 119 Å². The van der Waals surface area contributed by atoms with Crippen LogP contribution in [0.25, 0.3) is 0 Å². The second kappa shape index (κ2) is 6.91. The molecular formula is C14H22N3O3+. The zero-order valence-corrected chi connectivity index (χ0v) is 12.4. The Morgan fingerprint density at radius 1 is 1.45 bits per heavy atom. The lowest BCUT2D eigenvalue weighted by Gasteiger charge is -2.21. The molecule has 0 unspecified atom stereocenters. The van der Waals surface area contributed by atoms with Gasteiger partial charge in [-0.05, 0) is 30.7 Å². The van der Waals surface area contributed by atoms with Crippen molar-refractivity contribution in [2.45, 2.75) is 6.92 Å². The molecule has 6 nitrogen and oxygen atoms in total. The van der Waals surface area contributed by atoms with E-state index in [2.05, 4.69) is 10.5 Å². The van der Waals surface area contributed by atoms with Crippen LogP contribution >= 0.6 is 0 Å². The maximum atomic E-state index is 11.6. The zero-order valence-electron chi connectivity index (χ0n) is 12.4. The molecule has 0 bridgehead atoms. The molecule has 0 aliphatic carbocycles. The standard InChI is InChI=1S/C14H21N3O3/c1-5-20-13-8-11(6-7-12(13)18)9-15-16-14(19)10-17(2,3)4/h6-9H,5,10H2,1-4H3,(H-,15,16,18,19)/p+1. The van der Waals surface area contributed by atoms with Crippen molar-refractivity contribution in [2.75, 3.05) is 34.3 Å². The number of hydrogen-bond donors (Lipinski definition) is 2. The molecular weight excluding hydrogens is 258 g/mol. The minimum absolute atomic E-state index is 0.0815. The van der Waals surface area contributed by atoms with E-state index in [1.807, 2.05) is 28.1 Å². The van der Waals surface area contributed by atoms with Gasteiger partial charge in [-0.25, -0.2) is 5.43 Å². The van der Waals surface area contributed by atoms with Crippen molar-refractivity contribution in [3.63, 3.8) is 0 Å². The Morgan fingerprint density at radius 2 is 2.15 bits per heavy atom. The normalized spacial score (nSPS) is 11.6.